The van der Waals surface area contributed by atoms with E-state index in [9.17, 15) is 5.26 Å². The Balaban J connectivity index is 1.66. The van der Waals surface area contributed by atoms with Crippen molar-refractivity contribution >= 4 is 29.4 Å². The Morgan fingerprint density at radius 2 is 1.94 bits per heavy atom. The van der Waals surface area contributed by atoms with Gasteiger partial charge in [-0.25, -0.2) is 9.98 Å². The lowest BCUT2D eigenvalue weighted by Crippen LogP contribution is -2.32. The van der Waals surface area contributed by atoms with E-state index in [1.165, 1.54) is 0 Å². The number of rotatable bonds is 6. The molecule has 10 nitrogen and oxygen atoms in total. The number of nitrogens with two attached hydrogens (primary N) is 2. The first-order valence-corrected chi connectivity index (χ1v) is 10.6. The largest absolute Gasteiger partial charge is 0.493 e. The third kappa shape index (κ3) is 4.77. The highest BCUT2D eigenvalue weighted by molar-refractivity contribution is 5.98. The molecule has 0 saturated heterocycles. The van der Waals surface area contributed by atoms with Gasteiger partial charge in [0.25, 0.3) is 0 Å². The zero-order valence-corrected chi connectivity index (χ0v) is 18.8. The maximum atomic E-state index is 9.48. The summed E-state index contributed by atoms with van der Waals surface area (Å²) >= 11 is 0. The first kappa shape index (κ1) is 23.0. The van der Waals surface area contributed by atoms with E-state index < -0.39 is 6.04 Å². The molecule has 1 aliphatic heterocycles. The molecule has 0 amide bonds. The molecule has 1 aromatic heterocycles. The van der Waals surface area contributed by atoms with Crippen molar-refractivity contribution in [3.63, 3.8) is 0 Å². The highest BCUT2D eigenvalue weighted by Crippen LogP contribution is 2.42. The number of pyridine rings is 1. The highest BCUT2D eigenvalue weighted by Gasteiger charge is 2.30. The van der Waals surface area contributed by atoms with Crippen molar-refractivity contribution in [1.82, 2.24) is 10.3 Å². The zero-order valence-electron chi connectivity index (χ0n) is 18.8. The van der Waals surface area contributed by atoms with E-state index in [2.05, 4.69) is 20.6 Å². The van der Waals surface area contributed by atoms with Crippen LogP contribution in [-0.2, 0) is 0 Å². The Morgan fingerprint density at radius 1 is 1.14 bits per heavy atom. The van der Waals surface area contributed by atoms with Gasteiger partial charge in [-0.05, 0) is 29.3 Å². The number of guanidine groups is 1. The molecule has 6 N–H and O–H groups in total. The van der Waals surface area contributed by atoms with E-state index in [1.807, 2.05) is 60.8 Å². The van der Waals surface area contributed by atoms with Gasteiger partial charge in [0, 0.05) is 5.56 Å². The molecule has 4 rings (SSSR count). The summed E-state index contributed by atoms with van der Waals surface area (Å²) in [5.41, 5.74) is 14.7. The standard InChI is InChI=1S/C25H22N8O2/c1-34-19-12-16(9-10-18(19)35-11-5-8-15-6-3-2-4-7-15)22-20-21(28)17(13-26)23(29)32-24(20)33-25(31-22)30-14-27/h2-10,12,22H,11H2,1H3,(H6,28,29,30,31,32,33). The molecule has 10 heteroatoms. The summed E-state index contributed by atoms with van der Waals surface area (Å²) in [5, 5.41) is 23.9. The van der Waals surface area contributed by atoms with E-state index in [0.717, 1.165) is 5.56 Å². The minimum atomic E-state index is -0.678. The lowest BCUT2D eigenvalue weighted by atomic mass is 9.95. The van der Waals surface area contributed by atoms with E-state index in [0.29, 0.717) is 35.1 Å². The van der Waals surface area contributed by atoms with Crippen LogP contribution in [0.25, 0.3) is 6.08 Å². The van der Waals surface area contributed by atoms with Gasteiger partial charge in [-0.3, -0.25) is 5.32 Å². The molecule has 1 atom stereocenters. The molecule has 1 unspecified atom stereocenters. The van der Waals surface area contributed by atoms with Crippen molar-refractivity contribution in [2.75, 3.05) is 30.5 Å². The molecule has 35 heavy (non-hydrogen) atoms. The third-order valence-corrected chi connectivity index (χ3v) is 5.31. The average Bonchev–Trinajstić information content (AvgIpc) is 2.87. The molecule has 0 radical (unpaired) electrons. The fourth-order valence-corrected chi connectivity index (χ4v) is 3.68. The maximum absolute atomic E-state index is 9.48. The summed E-state index contributed by atoms with van der Waals surface area (Å²) < 4.78 is 11.4. The molecular weight excluding hydrogens is 444 g/mol. The number of benzene rings is 2. The molecular formula is C25H22N8O2. The molecule has 0 saturated carbocycles. The normalized spacial score (nSPS) is 14.1. The topological polar surface area (TPSA) is 167 Å². The lowest BCUT2D eigenvalue weighted by Gasteiger charge is -2.26. The van der Waals surface area contributed by atoms with Crippen LogP contribution in [0.2, 0.25) is 0 Å². The molecule has 0 bridgehead atoms. The van der Waals surface area contributed by atoms with Crippen molar-refractivity contribution in [2.24, 2.45) is 4.99 Å². The Kier molecular flexibility index (Phi) is 6.66. The number of aromatic nitrogens is 1. The van der Waals surface area contributed by atoms with Gasteiger partial charge >= 0.3 is 0 Å². The van der Waals surface area contributed by atoms with Crippen LogP contribution in [0.3, 0.4) is 0 Å². The van der Waals surface area contributed by atoms with Crippen LogP contribution in [0.4, 0.5) is 17.3 Å². The fraction of sp³-hybridized carbons (Fsp3) is 0.120. The molecule has 0 spiro atoms. The van der Waals surface area contributed by atoms with Gasteiger partial charge in [0.05, 0.1) is 12.8 Å². The summed E-state index contributed by atoms with van der Waals surface area (Å²) in [6.45, 7) is 0.344. The molecule has 2 heterocycles. The predicted octanol–water partition coefficient (Wildman–Crippen LogP) is 3.16. The van der Waals surface area contributed by atoms with Gasteiger partial charge in [0.15, 0.2) is 17.7 Å². The summed E-state index contributed by atoms with van der Waals surface area (Å²) in [7, 11) is 1.54. The number of methoxy groups -OCH3 is 1. The smallest absolute Gasteiger partial charge is 0.211 e. The van der Waals surface area contributed by atoms with Gasteiger partial charge in [-0.2, -0.15) is 10.5 Å². The number of nitriles is 2. The van der Waals surface area contributed by atoms with Crippen LogP contribution >= 0.6 is 0 Å². The SMILES string of the molecule is COc1cc(C2N=C(NC#N)Nc3nc(N)c(C#N)c(N)c32)ccc1OCC=Cc1ccccc1. The first-order chi connectivity index (χ1) is 17.0. The van der Waals surface area contributed by atoms with Gasteiger partial charge in [0.2, 0.25) is 5.96 Å². The molecule has 0 aliphatic carbocycles. The molecule has 1 aliphatic rings. The molecule has 0 fully saturated rings. The number of anilines is 3. The van der Waals surface area contributed by atoms with Gasteiger partial charge in [0.1, 0.15) is 35.9 Å². The first-order valence-electron chi connectivity index (χ1n) is 10.6. The van der Waals surface area contributed by atoms with Crippen molar-refractivity contribution < 1.29 is 9.47 Å². The number of hydrogen-bond donors (Lipinski definition) is 4. The quantitative estimate of drug-likeness (QED) is 0.315. The second-order valence-corrected chi connectivity index (χ2v) is 7.44. The van der Waals surface area contributed by atoms with Gasteiger partial charge in [-0.15, -0.1) is 0 Å². The summed E-state index contributed by atoms with van der Waals surface area (Å²) in [5.74, 6) is 1.50. The number of nitrogens with one attached hydrogen (secondary N) is 2. The van der Waals surface area contributed by atoms with Crippen LogP contribution in [0.1, 0.15) is 28.3 Å². The van der Waals surface area contributed by atoms with Crippen LogP contribution < -0.4 is 31.6 Å². The Labute approximate surface area is 202 Å². The number of hydrogen-bond acceptors (Lipinski definition) is 10. The van der Waals surface area contributed by atoms with Gasteiger partial charge in [-0.1, -0.05) is 42.5 Å². The van der Waals surface area contributed by atoms with E-state index in [-0.39, 0.29) is 23.0 Å². The summed E-state index contributed by atoms with van der Waals surface area (Å²) in [6, 6.07) is 16.6. The minimum absolute atomic E-state index is 0.0157. The second-order valence-electron chi connectivity index (χ2n) is 7.44. The minimum Gasteiger partial charge on any atom is -0.493 e. The van der Waals surface area contributed by atoms with Crippen molar-refractivity contribution in [2.45, 2.75) is 6.04 Å². The summed E-state index contributed by atoms with van der Waals surface area (Å²) in [6.07, 6.45) is 5.71. The van der Waals surface area contributed by atoms with Crippen LogP contribution in [0.15, 0.2) is 59.6 Å². The van der Waals surface area contributed by atoms with Crippen LogP contribution in [0.5, 0.6) is 11.5 Å². The predicted molar refractivity (Wildman–Crippen MR) is 133 cm³/mol. The number of ether oxygens (including phenoxy) is 2. The molecule has 2 aromatic carbocycles. The van der Waals surface area contributed by atoms with Crippen molar-refractivity contribution in [3.05, 3.63) is 76.9 Å². The van der Waals surface area contributed by atoms with Crippen LogP contribution in [-0.4, -0.2) is 24.7 Å². The van der Waals surface area contributed by atoms with Crippen LogP contribution in [0, 0.1) is 22.8 Å². The van der Waals surface area contributed by atoms with Crippen molar-refractivity contribution in [3.8, 4) is 23.8 Å². The van der Waals surface area contributed by atoms with Crippen molar-refractivity contribution in [1.29, 1.82) is 10.5 Å². The fourth-order valence-electron chi connectivity index (χ4n) is 3.68. The zero-order chi connectivity index (χ0) is 24.8. The van der Waals surface area contributed by atoms with E-state index in [4.69, 9.17) is 26.2 Å². The van der Waals surface area contributed by atoms with E-state index >= 15 is 0 Å². The monoisotopic (exact) mass is 466 g/mol. The number of nitrogen functional groups attached to an aromatic ring is 2. The molecule has 3 aromatic rings. The molecule has 174 valence electrons. The average molecular weight is 467 g/mol. The Bertz CT molecular complexity index is 1390. The highest BCUT2D eigenvalue weighted by atomic mass is 16.5. The Morgan fingerprint density at radius 3 is 2.66 bits per heavy atom. The maximum Gasteiger partial charge on any atom is 0.211 e. The lowest BCUT2D eigenvalue weighted by molar-refractivity contribution is 0.326. The van der Waals surface area contributed by atoms with E-state index in [1.54, 1.807) is 19.2 Å². The summed E-state index contributed by atoms with van der Waals surface area (Å²) in [4.78, 5) is 8.82. The Hall–Kier alpha value is -5.22. The number of aliphatic imine (C=N–C) groups is 1. The second kappa shape index (κ2) is 10.1. The van der Waals surface area contributed by atoms with Gasteiger partial charge < -0.3 is 26.3 Å². The number of fused-ring (bicyclic) bond motifs is 1. The third-order valence-electron chi connectivity index (χ3n) is 5.31. The number of nitrogens with zero attached hydrogens (tertiary/aromatic N) is 4.